The normalized spacial score (nSPS) is 23.3. The van der Waals surface area contributed by atoms with Gasteiger partial charge in [-0.2, -0.15) is 13.2 Å². The summed E-state index contributed by atoms with van der Waals surface area (Å²) in [5.41, 5.74) is 0.0245. The summed E-state index contributed by atoms with van der Waals surface area (Å²) < 4.78 is 64.9. The molecule has 1 heterocycles. The molecule has 4 unspecified atom stereocenters. The van der Waals surface area contributed by atoms with Crippen LogP contribution in [0, 0.1) is 0 Å². The van der Waals surface area contributed by atoms with Crippen LogP contribution >= 0.6 is 0 Å². The molecule has 7 nitrogen and oxygen atoms in total. The van der Waals surface area contributed by atoms with Crippen LogP contribution in [0.3, 0.4) is 0 Å². The van der Waals surface area contributed by atoms with Gasteiger partial charge in [0.2, 0.25) is 0 Å². The van der Waals surface area contributed by atoms with Crippen LogP contribution in [-0.4, -0.2) is 61.0 Å². The SMILES string of the molecule is CCC(CC1C(C)OCCN(c2ccc(C(F)(F)F)cc2)S1=O)NC(=O)/C(C)=C(/C=NC)OC. The summed E-state index contributed by atoms with van der Waals surface area (Å²) in [4.78, 5) is 16.6. The van der Waals surface area contributed by atoms with Crippen LogP contribution < -0.4 is 9.62 Å². The zero-order chi connectivity index (χ0) is 25.5. The summed E-state index contributed by atoms with van der Waals surface area (Å²) in [7, 11) is 1.44. The standard InChI is InChI=1S/C23H32F3N3O4S/c1-6-18(28-22(30)15(2)20(32-5)14-27-4)13-21-16(3)33-12-11-29(34(21)31)19-9-7-17(8-10-19)23(24,25)26/h7-10,14,16,18,21H,6,11-13H2,1-5H3,(H,28,30)/b20-15-,27-14?. The first-order valence-corrected chi connectivity index (χ1v) is 12.1. The Balaban J connectivity index is 2.21. The molecule has 1 aromatic rings. The van der Waals surface area contributed by atoms with Crippen LogP contribution in [0.4, 0.5) is 18.9 Å². The van der Waals surface area contributed by atoms with E-state index in [2.05, 4.69) is 10.3 Å². The molecule has 34 heavy (non-hydrogen) atoms. The maximum Gasteiger partial charge on any atom is 0.416 e. The third kappa shape index (κ3) is 7.05. The van der Waals surface area contributed by atoms with Gasteiger partial charge in [-0.25, -0.2) is 4.21 Å². The molecule has 0 saturated carbocycles. The van der Waals surface area contributed by atoms with Gasteiger partial charge in [-0.15, -0.1) is 0 Å². The number of benzene rings is 1. The largest absolute Gasteiger partial charge is 0.495 e. The maximum atomic E-state index is 13.5. The number of ether oxygens (including phenoxy) is 2. The Bertz CT molecular complexity index is 919. The molecule has 1 aliphatic heterocycles. The number of carbonyl (C=O) groups is 1. The first-order valence-electron chi connectivity index (χ1n) is 11.0. The molecular weight excluding hydrogens is 471 g/mol. The van der Waals surface area contributed by atoms with Gasteiger partial charge in [0.15, 0.2) is 0 Å². The van der Waals surface area contributed by atoms with E-state index in [1.807, 2.05) is 13.8 Å². The van der Waals surface area contributed by atoms with Gasteiger partial charge in [0.1, 0.15) is 16.7 Å². The van der Waals surface area contributed by atoms with Crippen LogP contribution in [0.1, 0.15) is 39.2 Å². The highest BCUT2D eigenvalue weighted by Gasteiger charge is 2.35. The highest BCUT2D eigenvalue weighted by Crippen LogP contribution is 2.32. The number of alkyl halides is 3. The lowest BCUT2D eigenvalue weighted by Gasteiger charge is -2.29. The average Bonchev–Trinajstić information content (AvgIpc) is 2.94. The third-order valence-electron chi connectivity index (χ3n) is 5.68. The number of hydrogen-bond donors (Lipinski definition) is 1. The number of rotatable bonds is 8. The fourth-order valence-electron chi connectivity index (χ4n) is 3.60. The Hall–Kier alpha value is -2.40. The van der Waals surface area contributed by atoms with Crippen molar-refractivity contribution in [2.24, 2.45) is 4.99 Å². The zero-order valence-corrected chi connectivity index (χ0v) is 20.8. The fraction of sp³-hybridized carbons (Fsp3) is 0.565. The molecule has 0 bridgehead atoms. The minimum Gasteiger partial charge on any atom is -0.495 e. The summed E-state index contributed by atoms with van der Waals surface area (Å²) >= 11 is 0. The molecule has 0 aliphatic carbocycles. The van der Waals surface area contributed by atoms with Crippen molar-refractivity contribution in [3.63, 3.8) is 0 Å². The molecule has 11 heteroatoms. The zero-order valence-electron chi connectivity index (χ0n) is 20.0. The predicted octanol–water partition coefficient (Wildman–Crippen LogP) is 3.87. The molecule has 4 atom stereocenters. The van der Waals surface area contributed by atoms with Crippen molar-refractivity contribution in [1.82, 2.24) is 5.32 Å². The van der Waals surface area contributed by atoms with Crippen LogP contribution in [-0.2, 0) is 31.4 Å². The molecule has 1 saturated heterocycles. The Morgan fingerprint density at radius 2 is 2.03 bits per heavy atom. The summed E-state index contributed by atoms with van der Waals surface area (Å²) in [5.74, 6) is 0.0225. The van der Waals surface area contributed by atoms with Crippen molar-refractivity contribution in [1.29, 1.82) is 0 Å². The quantitative estimate of drug-likeness (QED) is 0.332. The van der Waals surface area contributed by atoms with E-state index >= 15 is 0 Å². The van der Waals surface area contributed by atoms with Crippen molar-refractivity contribution >= 4 is 28.8 Å². The molecule has 0 radical (unpaired) electrons. The lowest BCUT2D eigenvalue weighted by Crippen LogP contribution is -2.44. The number of allylic oxidation sites excluding steroid dienone is 1. The Labute approximate surface area is 201 Å². The second kappa shape index (κ2) is 12.3. The van der Waals surface area contributed by atoms with E-state index in [0.29, 0.717) is 29.9 Å². The van der Waals surface area contributed by atoms with Gasteiger partial charge in [0.25, 0.3) is 5.91 Å². The van der Waals surface area contributed by atoms with Gasteiger partial charge in [-0.3, -0.25) is 14.1 Å². The number of aliphatic imine (C=N–C) groups is 1. The summed E-state index contributed by atoms with van der Waals surface area (Å²) in [6, 6.07) is 4.30. The van der Waals surface area contributed by atoms with Gasteiger partial charge in [-0.1, -0.05) is 6.92 Å². The molecule has 1 aliphatic rings. The number of nitrogens with zero attached hydrogens (tertiary/aromatic N) is 2. The first-order chi connectivity index (χ1) is 16.0. The smallest absolute Gasteiger partial charge is 0.416 e. The second-order valence-electron chi connectivity index (χ2n) is 7.93. The number of hydrogen-bond acceptors (Lipinski definition) is 5. The van der Waals surface area contributed by atoms with Gasteiger partial charge >= 0.3 is 6.18 Å². The van der Waals surface area contributed by atoms with Crippen molar-refractivity contribution in [3.8, 4) is 0 Å². The third-order valence-corrected chi connectivity index (χ3v) is 7.60. The monoisotopic (exact) mass is 503 g/mol. The Morgan fingerprint density at radius 3 is 2.56 bits per heavy atom. The molecule has 1 fully saturated rings. The number of nitrogens with one attached hydrogen (secondary N) is 1. The van der Waals surface area contributed by atoms with Crippen LogP contribution in [0.5, 0.6) is 0 Å². The molecule has 190 valence electrons. The van der Waals surface area contributed by atoms with E-state index in [4.69, 9.17) is 9.47 Å². The number of methoxy groups -OCH3 is 1. The van der Waals surface area contributed by atoms with Crippen LogP contribution in [0.2, 0.25) is 0 Å². The van der Waals surface area contributed by atoms with E-state index in [-0.39, 0.29) is 31.2 Å². The minimum atomic E-state index is -4.44. The minimum absolute atomic E-state index is 0.275. The van der Waals surface area contributed by atoms with E-state index in [9.17, 15) is 22.2 Å². The van der Waals surface area contributed by atoms with E-state index < -0.39 is 28.0 Å². The average molecular weight is 504 g/mol. The summed E-state index contributed by atoms with van der Waals surface area (Å²) in [5, 5.41) is 2.48. The summed E-state index contributed by atoms with van der Waals surface area (Å²) in [6.07, 6.45) is -2.41. The first kappa shape index (κ1) is 27.8. The van der Waals surface area contributed by atoms with E-state index in [0.717, 1.165) is 12.1 Å². The molecule has 1 amide bonds. The number of amides is 1. The van der Waals surface area contributed by atoms with Gasteiger partial charge in [0.05, 0.1) is 49.0 Å². The van der Waals surface area contributed by atoms with Crippen LogP contribution in [0.25, 0.3) is 0 Å². The number of anilines is 1. The second-order valence-corrected chi connectivity index (χ2v) is 9.53. The molecule has 1 aromatic carbocycles. The van der Waals surface area contributed by atoms with Crippen LogP contribution in [0.15, 0.2) is 40.6 Å². The fourth-order valence-corrected chi connectivity index (χ4v) is 5.32. The maximum absolute atomic E-state index is 13.5. The molecule has 0 aromatic heterocycles. The highest BCUT2D eigenvalue weighted by atomic mass is 32.2. The Morgan fingerprint density at radius 1 is 1.38 bits per heavy atom. The molecule has 2 rings (SSSR count). The van der Waals surface area contributed by atoms with Crippen molar-refractivity contribution < 1.29 is 31.6 Å². The molecular formula is C23H32F3N3O4S. The number of carbonyl (C=O) groups excluding carboxylic acids is 1. The van der Waals surface area contributed by atoms with Gasteiger partial charge in [-0.05, 0) is 51.0 Å². The van der Waals surface area contributed by atoms with E-state index in [1.54, 1.807) is 18.3 Å². The predicted molar refractivity (Wildman–Crippen MR) is 127 cm³/mol. The molecule has 1 N–H and O–H groups in total. The Kier molecular flexibility index (Phi) is 10.1. The van der Waals surface area contributed by atoms with Gasteiger partial charge in [0, 0.05) is 18.8 Å². The lowest BCUT2D eigenvalue weighted by molar-refractivity contribution is -0.137. The summed E-state index contributed by atoms with van der Waals surface area (Å²) in [6.45, 7) is 5.91. The van der Waals surface area contributed by atoms with Gasteiger partial charge < -0.3 is 14.8 Å². The molecule has 0 spiro atoms. The highest BCUT2D eigenvalue weighted by molar-refractivity contribution is 7.87. The van der Waals surface area contributed by atoms with Crippen molar-refractivity contribution in [3.05, 3.63) is 41.2 Å². The lowest BCUT2D eigenvalue weighted by atomic mass is 10.0. The number of halogens is 3. The van der Waals surface area contributed by atoms with Crippen molar-refractivity contribution in [2.45, 2.75) is 57.2 Å². The van der Waals surface area contributed by atoms with E-state index in [1.165, 1.54) is 25.5 Å². The topological polar surface area (TPSA) is 80.2 Å². The van der Waals surface area contributed by atoms with Crippen molar-refractivity contribution in [2.75, 3.05) is 31.6 Å².